The fraction of sp³-hybridized carbons (Fsp3) is 0.684. The monoisotopic (exact) mass is 286 g/mol. The van der Waals surface area contributed by atoms with Gasteiger partial charge >= 0.3 is 0 Å². The van der Waals surface area contributed by atoms with Crippen molar-refractivity contribution in [3.05, 3.63) is 35.4 Å². The van der Waals surface area contributed by atoms with Gasteiger partial charge in [-0.05, 0) is 55.8 Å². The Morgan fingerprint density at radius 1 is 1.19 bits per heavy atom. The molecule has 1 aromatic rings. The van der Waals surface area contributed by atoms with Crippen LogP contribution in [-0.2, 0) is 6.42 Å². The molecule has 2 heteroatoms. The van der Waals surface area contributed by atoms with Crippen LogP contribution in [0.2, 0.25) is 0 Å². The number of likely N-dealkylation sites (N-methyl/N-ethyl adjacent to an activating group) is 1. The van der Waals surface area contributed by atoms with Crippen molar-refractivity contribution in [1.82, 2.24) is 4.90 Å². The lowest BCUT2D eigenvalue weighted by Crippen LogP contribution is -2.59. The van der Waals surface area contributed by atoms with E-state index in [0.29, 0.717) is 12.0 Å². The maximum absolute atomic E-state index is 6.79. The van der Waals surface area contributed by atoms with Gasteiger partial charge < -0.3 is 5.73 Å². The fourth-order valence-electron chi connectivity index (χ4n) is 4.86. The predicted octanol–water partition coefficient (Wildman–Crippen LogP) is 3.70. The average molecular weight is 286 g/mol. The molecule has 0 bridgehead atoms. The van der Waals surface area contributed by atoms with Crippen molar-refractivity contribution in [3.63, 3.8) is 0 Å². The van der Waals surface area contributed by atoms with Gasteiger partial charge in [-0.15, -0.1) is 0 Å². The lowest BCUT2D eigenvalue weighted by molar-refractivity contribution is 0.0706. The molecule has 0 saturated heterocycles. The Bertz CT molecular complexity index is 472. The van der Waals surface area contributed by atoms with E-state index in [2.05, 4.69) is 43.0 Å². The van der Waals surface area contributed by atoms with E-state index in [1.807, 2.05) is 0 Å². The molecular weight excluding hydrogens is 256 g/mol. The van der Waals surface area contributed by atoms with Gasteiger partial charge in [-0.3, -0.25) is 4.90 Å². The molecule has 0 radical (unpaired) electrons. The summed E-state index contributed by atoms with van der Waals surface area (Å²) in [7, 11) is 0. The zero-order valence-corrected chi connectivity index (χ0v) is 13.6. The topological polar surface area (TPSA) is 29.3 Å². The quantitative estimate of drug-likeness (QED) is 0.864. The van der Waals surface area contributed by atoms with Gasteiger partial charge in [-0.25, -0.2) is 0 Å². The van der Waals surface area contributed by atoms with Gasteiger partial charge in [0.25, 0.3) is 0 Å². The van der Waals surface area contributed by atoms with Crippen molar-refractivity contribution < 1.29 is 0 Å². The average Bonchev–Trinajstić information content (AvgIpc) is 2.97. The fourth-order valence-corrected chi connectivity index (χ4v) is 4.86. The molecule has 2 nitrogen and oxygen atoms in total. The molecule has 0 heterocycles. The highest BCUT2D eigenvalue weighted by molar-refractivity contribution is 5.40. The van der Waals surface area contributed by atoms with E-state index in [1.165, 1.54) is 37.7 Å². The van der Waals surface area contributed by atoms with Gasteiger partial charge in [-0.2, -0.15) is 0 Å². The van der Waals surface area contributed by atoms with Crippen molar-refractivity contribution in [2.75, 3.05) is 13.1 Å². The van der Waals surface area contributed by atoms with Crippen LogP contribution >= 0.6 is 0 Å². The molecule has 2 N–H and O–H groups in total. The molecule has 1 saturated carbocycles. The molecule has 21 heavy (non-hydrogen) atoms. The highest BCUT2D eigenvalue weighted by atomic mass is 15.2. The van der Waals surface area contributed by atoms with Crippen LogP contribution in [0.3, 0.4) is 0 Å². The Labute approximate surface area is 129 Å². The summed E-state index contributed by atoms with van der Waals surface area (Å²) in [5.74, 6) is 0.698. The lowest BCUT2D eigenvalue weighted by atomic mass is 9.71. The predicted molar refractivity (Wildman–Crippen MR) is 89.6 cm³/mol. The molecule has 2 aliphatic rings. The van der Waals surface area contributed by atoms with Crippen LogP contribution in [0.15, 0.2) is 24.3 Å². The van der Waals surface area contributed by atoms with E-state index in [-0.39, 0.29) is 5.54 Å². The van der Waals surface area contributed by atoms with Gasteiger partial charge in [0.15, 0.2) is 0 Å². The van der Waals surface area contributed by atoms with Crippen LogP contribution in [0, 0.1) is 0 Å². The van der Waals surface area contributed by atoms with Crippen molar-refractivity contribution in [3.8, 4) is 0 Å². The third-order valence-electron chi connectivity index (χ3n) is 6.05. The van der Waals surface area contributed by atoms with Crippen molar-refractivity contribution in [2.45, 2.75) is 69.9 Å². The molecule has 1 fully saturated rings. The second-order valence-corrected chi connectivity index (χ2v) is 6.93. The maximum Gasteiger partial charge on any atom is 0.0360 e. The standard InChI is InChI=1S/C19H30N2/c1-3-21(4-2)19(11-7-8-12-19)18(20)14-16-13-15-9-5-6-10-17(15)16/h5-6,9-10,16,18H,3-4,7-8,11-14,20H2,1-2H3. The summed E-state index contributed by atoms with van der Waals surface area (Å²) >= 11 is 0. The summed E-state index contributed by atoms with van der Waals surface area (Å²) < 4.78 is 0. The van der Waals surface area contributed by atoms with Crippen LogP contribution in [0.5, 0.6) is 0 Å². The van der Waals surface area contributed by atoms with Crippen molar-refractivity contribution in [1.29, 1.82) is 0 Å². The third-order valence-corrected chi connectivity index (χ3v) is 6.05. The van der Waals surface area contributed by atoms with Gasteiger partial charge in [0.1, 0.15) is 0 Å². The summed E-state index contributed by atoms with van der Waals surface area (Å²) in [6, 6.07) is 9.22. The molecule has 2 aliphatic carbocycles. The van der Waals surface area contributed by atoms with Crippen molar-refractivity contribution >= 4 is 0 Å². The normalized spacial score (nSPS) is 24.7. The molecule has 2 atom stereocenters. The second kappa shape index (κ2) is 6.10. The van der Waals surface area contributed by atoms with E-state index in [9.17, 15) is 0 Å². The Kier molecular flexibility index (Phi) is 4.37. The molecule has 1 aromatic carbocycles. The lowest BCUT2D eigenvalue weighted by Gasteiger charge is -2.47. The first kappa shape index (κ1) is 15.1. The number of fused-ring (bicyclic) bond motifs is 1. The first-order valence-electron chi connectivity index (χ1n) is 8.79. The SMILES string of the molecule is CCN(CC)C1(C(N)CC2Cc3ccccc32)CCCC1. The highest BCUT2D eigenvalue weighted by Crippen LogP contribution is 2.44. The zero-order valence-electron chi connectivity index (χ0n) is 13.6. The van der Waals surface area contributed by atoms with E-state index >= 15 is 0 Å². The summed E-state index contributed by atoms with van der Waals surface area (Å²) in [5.41, 5.74) is 10.2. The summed E-state index contributed by atoms with van der Waals surface area (Å²) in [4.78, 5) is 2.65. The van der Waals surface area contributed by atoms with Gasteiger partial charge in [-0.1, -0.05) is 51.0 Å². The van der Waals surface area contributed by atoms with Gasteiger partial charge in [0.2, 0.25) is 0 Å². The zero-order chi connectivity index (χ0) is 14.9. The Morgan fingerprint density at radius 3 is 2.48 bits per heavy atom. The van der Waals surface area contributed by atoms with E-state index < -0.39 is 0 Å². The minimum absolute atomic E-state index is 0.272. The number of nitrogens with zero attached hydrogens (tertiary/aromatic N) is 1. The molecule has 3 rings (SSSR count). The molecule has 0 aromatic heterocycles. The largest absolute Gasteiger partial charge is 0.326 e. The second-order valence-electron chi connectivity index (χ2n) is 6.93. The van der Waals surface area contributed by atoms with Crippen LogP contribution in [0.1, 0.15) is 63.0 Å². The van der Waals surface area contributed by atoms with Crippen LogP contribution in [-0.4, -0.2) is 29.6 Å². The van der Waals surface area contributed by atoms with Crippen LogP contribution < -0.4 is 5.73 Å². The first-order chi connectivity index (χ1) is 10.2. The minimum Gasteiger partial charge on any atom is -0.326 e. The highest BCUT2D eigenvalue weighted by Gasteiger charge is 2.44. The molecule has 116 valence electrons. The molecule has 0 aliphatic heterocycles. The van der Waals surface area contributed by atoms with Crippen LogP contribution in [0.4, 0.5) is 0 Å². The van der Waals surface area contributed by atoms with Crippen LogP contribution in [0.25, 0.3) is 0 Å². The van der Waals surface area contributed by atoms with E-state index in [1.54, 1.807) is 5.56 Å². The number of benzene rings is 1. The third kappa shape index (κ3) is 2.53. The Hall–Kier alpha value is -0.860. The summed E-state index contributed by atoms with van der Waals surface area (Å²) in [6.45, 7) is 6.83. The number of rotatable bonds is 6. The number of nitrogens with two attached hydrogens (primary N) is 1. The Morgan fingerprint density at radius 2 is 1.86 bits per heavy atom. The summed E-state index contributed by atoms with van der Waals surface area (Å²) in [6.07, 6.45) is 7.69. The van der Waals surface area contributed by atoms with Crippen molar-refractivity contribution in [2.24, 2.45) is 5.73 Å². The molecular formula is C19H30N2. The van der Waals surface area contributed by atoms with E-state index in [4.69, 9.17) is 5.73 Å². The number of hydrogen-bond donors (Lipinski definition) is 1. The van der Waals surface area contributed by atoms with Gasteiger partial charge in [0, 0.05) is 11.6 Å². The Balaban J connectivity index is 1.73. The molecule has 0 amide bonds. The summed E-state index contributed by atoms with van der Waals surface area (Å²) in [5, 5.41) is 0. The van der Waals surface area contributed by atoms with Gasteiger partial charge in [0.05, 0.1) is 0 Å². The maximum atomic E-state index is 6.79. The minimum atomic E-state index is 0.272. The smallest absolute Gasteiger partial charge is 0.0360 e. The first-order valence-corrected chi connectivity index (χ1v) is 8.79. The van der Waals surface area contributed by atoms with E-state index in [0.717, 1.165) is 19.5 Å². The molecule has 0 spiro atoms. The molecule has 2 unspecified atom stereocenters. The number of hydrogen-bond acceptors (Lipinski definition) is 2.